The highest BCUT2D eigenvalue weighted by atomic mass is 35.5. The van der Waals surface area contributed by atoms with Crippen LogP contribution in [0.15, 0.2) is 53.2 Å². The Morgan fingerprint density at radius 2 is 1.97 bits per heavy atom. The van der Waals surface area contributed by atoms with Crippen molar-refractivity contribution in [2.45, 2.75) is 25.8 Å². The van der Waals surface area contributed by atoms with Crippen molar-refractivity contribution in [1.29, 1.82) is 0 Å². The molecule has 0 unspecified atom stereocenters. The molecular formula is C25H22ClF2N5O2. The van der Waals surface area contributed by atoms with Gasteiger partial charge >= 0.3 is 0 Å². The molecule has 5 rings (SSSR count). The van der Waals surface area contributed by atoms with E-state index in [1.807, 2.05) is 6.92 Å². The lowest BCUT2D eigenvalue weighted by molar-refractivity contribution is 0.0535. The highest BCUT2D eigenvalue weighted by Crippen LogP contribution is 2.31. The normalized spacial score (nSPS) is 18.1. The number of carbonyl (C=O) groups excluding carboxylic acids is 1. The van der Waals surface area contributed by atoms with Crippen LogP contribution in [0.3, 0.4) is 0 Å². The van der Waals surface area contributed by atoms with E-state index in [2.05, 4.69) is 20.3 Å². The molecule has 3 heterocycles. The number of anilines is 1. The molecule has 7 nitrogen and oxygen atoms in total. The zero-order valence-corrected chi connectivity index (χ0v) is 19.6. The van der Waals surface area contributed by atoms with Crippen molar-refractivity contribution < 1.29 is 18.0 Å². The van der Waals surface area contributed by atoms with Crippen molar-refractivity contribution >= 4 is 34.6 Å². The number of halogens is 3. The maximum atomic E-state index is 15.0. The van der Waals surface area contributed by atoms with Gasteiger partial charge in [0.1, 0.15) is 17.2 Å². The number of nitrogens with one attached hydrogen (secondary N) is 1. The number of aromatic nitrogens is 3. The van der Waals surface area contributed by atoms with Crippen molar-refractivity contribution in [2.75, 3.05) is 18.4 Å². The summed E-state index contributed by atoms with van der Waals surface area (Å²) in [5.74, 6) is -2.12. The monoisotopic (exact) mass is 497 g/mol. The average molecular weight is 498 g/mol. The van der Waals surface area contributed by atoms with Crippen LogP contribution in [-0.4, -0.2) is 44.9 Å². The van der Waals surface area contributed by atoms with E-state index in [0.717, 1.165) is 25.0 Å². The average Bonchev–Trinajstić information content (AvgIpc) is 3.26. The highest BCUT2D eigenvalue weighted by Gasteiger charge is 2.35. The summed E-state index contributed by atoms with van der Waals surface area (Å²) in [4.78, 5) is 27.8. The number of oxazole rings is 1. The quantitative estimate of drug-likeness (QED) is 0.388. The molecule has 1 aliphatic rings. The maximum Gasteiger partial charge on any atom is 0.295 e. The first-order valence-corrected chi connectivity index (χ1v) is 11.7. The lowest BCUT2D eigenvalue weighted by Crippen LogP contribution is -2.51. The van der Waals surface area contributed by atoms with Crippen molar-refractivity contribution in [3.05, 3.63) is 71.0 Å². The Kier molecular flexibility index (Phi) is 6.34. The van der Waals surface area contributed by atoms with Gasteiger partial charge in [0.15, 0.2) is 11.4 Å². The van der Waals surface area contributed by atoms with Crippen LogP contribution in [-0.2, 0) is 0 Å². The van der Waals surface area contributed by atoms with Gasteiger partial charge in [-0.15, -0.1) is 0 Å². The van der Waals surface area contributed by atoms with Gasteiger partial charge in [-0.05, 0) is 55.2 Å². The van der Waals surface area contributed by atoms with Gasteiger partial charge < -0.3 is 14.6 Å². The third kappa shape index (κ3) is 4.55. The molecule has 10 heteroatoms. The summed E-state index contributed by atoms with van der Waals surface area (Å²) in [6.45, 7) is 2.76. The zero-order chi connectivity index (χ0) is 24.5. The fourth-order valence-electron chi connectivity index (χ4n) is 4.53. The van der Waals surface area contributed by atoms with Crippen molar-refractivity contribution in [2.24, 2.45) is 5.92 Å². The molecule has 0 bridgehead atoms. The Bertz CT molecular complexity index is 1380. The SMILES string of the molecule is C[C@@H]1CCCN(C(=O)c2c(F)ccc(F)c2-c2ncccn2)[C@@H]1CNc1nc2cc(Cl)ccc2o1. The number of hydrogen-bond acceptors (Lipinski definition) is 6. The van der Waals surface area contributed by atoms with E-state index >= 15 is 4.39 Å². The smallest absolute Gasteiger partial charge is 0.295 e. The summed E-state index contributed by atoms with van der Waals surface area (Å²) in [5, 5.41) is 3.70. The Balaban J connectivity index is 1.45. The zero-order valence-electron chi connectivity index (χ0n) is 18.8. The van der Waals surface area contributed by atoms with Crippen LogP contribution >= 0.6 is 11.6 Å². The molecular weight excluding hydrogens is 476 g/mol. The van der Waals surface area contributed by atoms with Crippen LogP contribution in [0.25, 0.3) is 22.5 Å². The summed E-state index contributed by atoms with van der Waals surface area (Å²) in [6.07, 6.45) is 4.48. The van der Waals surface area contributed by atoms with E-state index in [1.165, 1.54) is 12.4 Å². The van der Waals surface area contributed by atoms with Crippen molar-refractivity contribution in [3.63, 3.8) is 0 Å². The van der Waals surface area contributed by atoms with Crippen molar-refractivity contribution in [3.8, 4) is 11.4 Å². The van der Waals surface area contributed by atoms with Crippen LogP contribution in [0, 0.1) is 17.6 Å². The van der Waals surface area contributed by atoms with E-state index < -0.39 is 17.5 Å². The molecule has 1 amide bonds. The second-order valence-electron chi connectivity index (χ2n) is 8.55. The van der Waals surface area contributed by atoms with E-state index in [1.54, 1.807) is 29.2 Å². The molecule has 0 saturated carbocycles. The van der Waals surface area contributed by atoms with Gasteiger partial charge in [0, 0.05) is 30.5 Å². The molecule has 4 aromatic rings. The summed E-state index contributed by atoms with van der Waals surface area (Å²) in [7, 11) is 0. The summed E-state index contributed by atoms with van der Waals surface area (Å²) < 4.78 is 35.6. The number of fused-ring (bicyclic) bond motifs is 1. The second-order valence-corrected chi connectivity index (χ2v) is 8.99. The second kappa shape index (κ2) is 9.58. The predicted molar refractivity (Wildman–Crippen MR) is 128 cm³/mol. The topological polar surface area (TPSA) is 84.2 Å². The minimum atomic E-state index is -0.820. The Labute approximate surface area is 205 Å². The van der Waals surface area contributed by atoms with Crippen LogP contribution in [0.2, 0.25) is 5.02 Å². The predicted octanol–water partition coefficient (Wildman–Crippen LogP) is 5.57. The fraction of sp³-hybridized carbons (Fsp3) is 0.280. The molecule has 2 atom stereocenters. The van der Waals surface area contributed by atoms with Gasteiger partial charge in [0.25, 0.3) is 11.9 Å². The van der Waals surface area contributed by atoms with Crippen LogP contribution in [0.1, 0.15) is 30.1 Å². The maximum absolute atomic E-state index is 15.0. The Hall–Kier alpha value is -3.59. The number of hydrogen-bond donors (Lipinski definition) is 1. The first-order valence-electron chi connectivity index (χ1n) is 11.3. The molecule has 1 aliphatic heterocycles. The van der Waals surface area contributed by atoms with Gasteiger partial charge in [0.2, 0.25) is 0 Å². The van der Waals surface area contributed by atoms with Gasteiger partial charge in [-0.1, -0.05) is 18.5 Å². The molecule has 1 N–H and O–H groups in total. The van der Waals surface area contributed by atoms with E-state index in [4.69, 9.17) is 16.0 Å². The highest BCUT2D eigenvalue weighted by molar-refractivity contribution is 6.31. The first-order chi connectivity index (χ1) is 16.9. The molecule has 35 heavy (non-hydrogen) atoms. The largest absolute Gasteiger partial charge is 0.424 e. The number of benzene rings is 2. The van der Waals surface area contributed by atoms with Crippen LogP contribution in [0.5, 0.6) is 0 Å². The third-order valence-electron chi connectivity index (χ3n) is 6.30. The molecule has 1 saturated heterocycles. The standard InChI is InChI=1S/C25H22ClF2N5O2/c1-14-4-2-11-33(19(14)13-31-25-32-18-12-15(26)5-8-20(18)35-25)24(34)22-17(28)7-6-16(27)21(22)23-29-9-3-10-30-23/h3,5-10,12,14,19H,2,4,11,13H2,1H3,(H,31,32)/t14-,19-/m1/s1. The molecule has 2 aromatic heterocycles. The van der Waals surface area contributed by atoms with Gasteiger partial charge in [0.05, 0.1) is 17.2 Å². The molecule has 1 fully saturated rings. The van der Waals surface area contributed by atoms with E-state index in [9.17, 15) is 9.18 Å². The Morgan fingerprint density at radius 3 is 2.77 bits per heavy atom. The van der Waals surface area contributed by atoms with E-state index in [0.29, 0.717) is 35.2 Å². The van der Waals surface area contributed by atoms with Gasteiger partial charge in [-0.25, -0.2) is 18.7 Å². The van der Waals surface area contributed by atoms with E-state index in [-0.39, 0.29) is 28.9 Å². The fourth-order valence-corrected chi connectivity index (χ4v) is 4.70. The molecule has 0 spiro atoms. The van der Waals surface area contributed by atoms with Gasteiger partial charge in [-0.3, -0.25) is 4.79 Å². The summed E-state index contributed by atoms with van der Waals surface area (Å²) >= 11 is 6.03. The van der Waals surface area contributed by atoms with Gasteiger partial charge in [-0.2, -0.15) is 4.98 Å². The van der Waals surface area contributed by atoms with Crippen LogP contribution < -0.4 is 5.32 Å². The lowest BCUT2D eigenvalue weighted by Gasteiger charge is -2.40. The molecule has 0 aliphatic carbocycles. The molecule has 2 aromatic carbocycles. The van der Waals surface area contributed by atoms with Crippen LogP contribution in [0.4, 0.5) is 14.8 Å². The number of carbonyl (C=O) groups is 1. The minimum Gasteiger partial charge on any atom is -0.424 e. The minimum absolute atomic E-state index is 0.0438. The first kappa shape index (κ1) is 23.2. The number of piperidine rings is 1. The number of rotatable bonds is 5. The third-order valence-corrected chi connectivity index (χ3v) is 6.53. The van der Waals surface area contributed by atoms with Crippen molar-refractivity contribution in [1.82, 2.24) is 19.9 Å². The Morgan fingerprint density at radius 1 is 1.20 bits per heavy atom. The number of amides is 1. The summed E-state index contributed by atoms with van der Waals surface area (Å²) in [6, 6.07) is 8.64. The lowest BCUT2D eigenvalue weighted by atomic mass is 9.89. The number of nitrogens with zero attached hydrogens (tertiary/aromatic N) is 4. The summed E-state index contributed by atoms with van der Waals surface area (Å²) in [5.41, 5.74) is 0.581. The molecule has 0 radical (unpaired) electrons. The molecule has 180 valence electrons. The number of likely N-dealkylation sites (tertiary alicyclic amines) is 1.